The van der Waals surface area contributed by atoms with Gasteiger partial charge in [-0.2, -0.15) is 0 Å². The summed E-state index contributed by atoms with van der Waals surface area (Å²) in [6.07, 6.45) is 3.46. The molecular formula is C23H27Cl2NO3. The first kappa shape index (κ1) is 23.3. The van der Waals surface area contributed by atoms with Gasteiger partial charge in [0.1, 0.15) is 6.61 Å². The minimum atomic E-state index is -0.703. The van der Waals surface area contributed by atoms with Gasteiger partial charge in [0, 0.05) is 29.2 Å². The van der Waals surface area contributed by atoms with Gasteiger partial charge in [0.15, 0.2) is 0 Å². The lowest BCUT2D eigenvalue weighted by atomic mass is 9.95. The number of aryl methyl sites for hydroxylation is 1. The Morgan fingerprint density at radius 3 is 2.59 bits per heavy atom. The number of ether oxygens (including phenoxy) is 1. The van der Waals surface area contributed by atoms with Crippen molar-refractivity contribution in [2.45, 2.75) is 19.8 Å². The fraction of sp³-hybridized carbons (Fsp3) is 0.348. The SMILES string of the molecule is Cc1ccccc1/C(=C/OCCN1CCC[C@@H](C(=O)O)C1)c1ccccc1Cl.Cl. The molecule has 0 amide bonds. The van der Waals surface area contributed by atoms with Gasteiger partial charge in [-0.25, -0.2) is 0 Å². The number of nitrogens with zero attached hydrogens (tertiary/aromatic N) is 1. The van der Waals surface area contributed by atoms with Gasteiger partial charge < -0.3 is 9.84 Å². The molecule has 29 heavy (non-hydrogen) atoms. The topological polar surface area (TPSA) is 49.8 Å². The van der Waals surface area contributed by atoms with E-state index in [-0.39, 0.29) is 18.3 Å². The van der Waals surface area contributed by atoms with Gasteiger partial charge in [0.25, 0.3) is 0 Å². The first-order valence-corrected chi connectivity index (χ1v) is 10.0. The molecule has 1 atom stereocenters. The summed E-state index contributed by atoms with van der Waals surface area (Å²) in [5.41, 5.74) is 4.12. The van der Waals surface area contributed by atoms with Crippen molar-refractivity contribution in [3.05, 3.63) is 76.5 Å². The highest BCUT2D eigenvalue weighted by Crippen LogP contribution is 2.31. The van der Waals surface area contributed by atoms with Crippen LogP contribution < -0.4 is 0 Å². The van der Waals surface area contributed by atoms with E-state index < -0.39 is 5.97 Å². The second-order valence-electron chi connectivity index (χ2n) is 7.18. The van der Waals surface area contributed by atoms with Crippen LogP contribution in [0.15, 0.2) is 54.8 Å². The molecule has 1 heterocycles. The first-order chi connectivity index (χ1) is 13.6. The zero-order valence-electron chi connectivity index (χ0n) is 16.5. The Morgan fingerprint density at radius 2 is 1.90 bits per heavy atom. The van der Waals surface area contributed by atoms with Crippen LogP contribution in [-0.4, -0.2) is 42.2 Å². The molecule has 1 fully saturated rings. The monoisotopic (exact) mass is 435 g/mol. The predicted octanol–water partition coefficient (Wildman–Crippen LogP) is 5.27. The van der Waals surface area contributed by atoms with E-state index in [1.807, 2.05) is 36.4 Å². The van der Waals surface area contributed by atoms with E-state index in [1.54, 1.807) is 6.26 Å². The third kappa shape index (κ3) is 6.23. The normalized spacial score (nSPS) is 17.4. The van der Waals surface area contributed by atoms with E-state index in [0.717, 1.165) is 41.6 Å². The van der Waals surface area contributed by atoms with Crippen LogP contribution in [0.5, 0.6) is 0 Å². The summed E-state index contributed by atoms with van der Waals surface area (Å²) < 4.78 is 5.90. The van der Waals surface area contributed by atoms with Crippen molar-refractivity contribution in [3.8, 4) is 0 Å². The van der Waals surface area contributed by atoms with E-state index in [2.05, 4.69) is 24.0 Å². The number of benzene rings is 2. The fourth-order valence-electron chi connectivity index (χ4n) is 3.61. The average molecular weight is 436 g/mol. The lowest BCUT2D eigenvalue weighted by Gasteiger charge is -2.30. The van der Waals surface area contributed by atoms with E-state index in [9.17, 15) is 9.90 Å². The number of piperidine rings is 1. The molecule has 1 N–H and O–H groups in total. The maximum Gasteiger partial charge on any atom is 0.307 e. The molecule has 3 rings (SSSR count). The molecule has 156 valence electrons. The average Bonchev–Trinajstić information content (AvgIpc) is 2.70. The lowest BCUT2D eigenvalue weighted by molar-refractivity contribution is -0.143. The van der Waals surface area contributed by atoms with E-state index in [0.29, 0.717) is 24.7 Å². The standard InChI is InChI=1S/C23H26ClNO3.ClH/c1-17-7-2-3-9-19(17)21(20-10-4-5-11-22(20)24)16-28-14-13-25-12-6-8-18(15-25)23(26)27;/h2-5,7,9-11,16,18H,6,8,12-15H2,1H3,(H,26,27);1H/b21-16-;/t18-;/m1./s1. The summed E-state index contributed by atoms with van der Waals surface area (Å²) in [6, 6.07) is 15.9. The van der Waals surface area contributed by atoms with Gasteiger partial charge in [-0.05, 0) is 43.5 Å². The smallest absolute Gasteiger partial charge is 0.307 e. The number of halogens is 2. The first-order valence-electron chi connectivity index (χ1n) is 9.64. The number of carbonyl (C=O) groups is 1. The second kappa shape index (κ2) is 11.2. The van der Waals surface area contributed by atoms with Crippen LogP contribution in [0.1, 0.15) is 29.5 Å². The van der Waals surface area contributed by atoms with Crippen LogP contribution in [0, 0.1) is 12.8 Å². The molecule has 1 saturated heterocycles. The Balaban J connectivity index is 0.00000300. The second-order valence-corrected chi connectivity index (χ2v) is 7.58. The lowest BCUT2D eigenvalue weighted by Crippen LogP contribution is -2.40. The maximum absolute atomic E-state index is 11.2. The molecule has 2 aromatic rings. The molecule has 0 aromatic heterocycles. The maximum atomic E-state index is 11.2. The highest BCUT2D eigenvalue weighted by atomic mass is 35.5. The quantitative estimate of drug-likeness (QED) is 0.475. The molecular weight excluding hydrogens is 409 g/mol. The third-order valence-electron chi connectivity index (χ3n) is 5.18. The van der Waals surface area contributed by atoms with Crippen LogP contribution in [-0.2, 0) is 9.53 Å². The summed E-state index contributed by atoms with van der Waals surface area (Å²) >= 11 is 6.44. The predicted molar refractivity (Wildman–Crippen MR) is 120 cm³/mol. The molecule has 4 nitrogen and oxygen atoms in total. The molecule has 0 bridgehead atoms. The van der Waals surface area contributed by atoms with E-state index in [1.165, 1.54) is 0 Å². The van der Waals surface area contributed by atoms with Crippen molar-refractivity contribution in [1.82, 2.24) is 4.90 Å². The van der Waals surface area contributed by atoms with Gasteiger partial charge >= 0.3 is 5.97 Å². The van der Waals surface area contributed by atoms with Crippen LogP contribution >= 0.6 is 24.0 Å². The molecule has 0 unspecified atom stereocenters. The highest BCUT2D eigenvalue weighted by Gasteiger charge is 2.24. The Bertz CT molecular complexity index is 806. The van der Waals surface area contributed by atoms with Gasteiger partial charge in [0.2, 0.25) is 0 Å². The fourth-order valence-corrected chi connectivity index (χ4v) is 3.85. The Kier molecular flexibility index (Phi) is 9.02. The summed E-state index contributed by atoms with van der Waals surface area (Å²) in [5, 5.41) is 9.91. The highest BCUT2D eigenvalue weighted by molar-refractivity contribution is 6.32. The number of rotatable bonds is 7. The van der Waals surface area contributed by atoms with Crippen molar-refractivity contribution < 1.29 is 14.6 Å². The van der Waals surface area contributed by atoms with Crippen molar-refractivity contribution in [1.29, 1.82) is 0 Å². The van der Waals surface area contributed by atoms with Crippen molar-refractivity contribution in [2.75, 3.05) is 26.2 Å². The van der Waals surface area contributed by atoms with Gasteiger partial charge in [-0.15, -0.1) is 12.4 Å². The molecule has 6 heteroatoms. The van der Waals surface area contributed by atoms with Crippen molar-refractivity contribution in [3.63, 3.8) is 0 Å². The Morgan fingerprint density at radius 1 is 1.21 bits per heavy atom. The molecule has 0 spiro atoms. The molecule has 0 radical (unpaired) electrons. The number of carboxylic acids is 1. The van der Waals surface area contributed by atoms with Crippen molar-refractivity contribution in [2.24, 2.45) is 5.92 Å². The number of hydrogen-bond donors (Lipinski definition) is 1. The van der Waals surface area contributed by atoms with E-state index >= 15 is 0 Å². The third-order valence-corrected chi connectivity index (χ3v) is 5.51. The van der Waals surface area contributed by atoms with Gasteiger partial charge in [0.05, 0.1) is 12.2 Å². The largest absolute Gasteiger partial charge is 0.499 e. The summed E-state index contributed by atoms with van der Waals surface area (Å²) in [4.78, 5) is 13.4. The molecule has 2 aromatic carbocycles. The minimum Gasteiger partial charge on any atom is -0.499 e. The van der Waals surface area contributed by atoms with Gasteiger partial charge in [-0.3, -0.25) is 9.69 Å². The summed E-state index contributed by atoms with van der Waals surface area (Å²) in [6.45, 7) is 4.80. The zero-order chi connectivity index (χ0) is 19.9. The number of aliphatic carboxylic acids is 1. The minimum absolute atomic E-state index is 0. The number of hydrogen-bond acceptors (Lipinski definition) is 3. The zero-order valence-corrected chi connectivity index (χ0v) is 18.1. The summed E-state index contributed by atoms with van der Waals surface area (Å²) in [7, 11) is 0. The molecule has 1 aliphatic heterocycles. The molecule has 0 saturated carbocycles. The molecule has 1 aliphatic rings. The Hall–Kier alpha value is -2.01. The number of likely N-dealkylation sites (tertiary alicyclic amines) is 1. The van der Waals surface area contributed by atoms with Crippen LogP contribution in [0.3, 0.4) is 0 Å². The van der Waals surface area contributed by atoms with Crippen LogP contribution in [0.25, 0.3) is 5.57 Å². The van der Waals surface area contributed by atoms with Crippen LogP contribution in [0.4, 0.5) is 0 Å². The van der Waals surface area contributed by atoms with Crippen molar-refractivity contribution >= 4 is 35.6 Å². The summed E-state index contributed by atoms with van der Waals surface area (Å²) in [5.74, 6) is -0.971. The molecule has 0 aliphatic carbocycles. The van der Waals surface area contributed by atoms with Gasteiger partial charge in [-0.1, -0.05) is 54.1 Å². The Labute approximate surface area is 183 Å². The number of carboxylic acid groups (broad SMARTS) is 1. The van der Waals surface area contributed by atoms with Crippen LogP contribution in [0.2, 0.25) is 5.02 Å². The van der Waals surface area contributed by atoms with E-state index in [4.69, 9.17) is 16.3 Å².